The molecule has 1 rings (SSSR count). The van der Waals surface area contributed by atoms with Crippen molar-refractivity contribution in [1.82, 2.24) is 0 Å². The molecule has 0 amide bonds. The van der Waals surface area contributed by atoms with Crippen molar-refractivity contribution in [3.8, 4) is 5.75 Å². The molecule has 5 heteroatoms. The smallest absolute Gasteiger partial charge is 0.308 e. The number of ether oxygens (including phenoxy) is 1. The van der Waals surface area contributed by atoms with Gasteiger partial charge in [0.05, 0.1) is 0 Å². The average molecular weight is 237 g/mol. The number of carbonyl (C=O) groups excluding carboxylic acids is 1. The third kappa shape index (κ3) is 2.86. The van der Waals surface area contributed by atoms with E-state index in [1.807, 2.05) is 0 Å². The fourth-order valence-electron chi connectivity index (χ4n) is 0.914. The fourth-order valence-corrected chi connectivity index (χ4v) is 1.27. The summed E-state index contributed by atoms with van der Waals surface area (Å²) >= 11 is 11.0. The topological polar surface area (TPSA) is 26.3 Å². The predicted molar refractivity (Wildman–Crippen MR) is 52.2 cm³/mol. The van der Waals surface area contributed by atoms with Crippen molar-refractivity contribution in [3.63, 3.8) is 0 Å². The van der Waals surface area contributed by atoms with E-state index >= 15 is 0 Å². The highest BCUT2D eigenvalue weighted by Crippen LogP contribution is 2.29. The molecule has 0 saturated carbocycles. The summed E-state index contributed by atoms with van der Waals surface area (Å²) in [5.41, 5.74) is 0.157. The van der Waals surface area contributed by atoms with E-state index in [1.54, 1.807) is 0 Å². The van der Waals surface area contributed by atoms with Crippen LogP contribution in [0, 0.1) is 5.82 Å². The van der Waals surface area contributed by atoms with Gasteiger partial charge in [-0.05, 0) is 12.1 Å². The summed E-state index contributed by atoms with van der Waals surface area (Å²) in [4.78, 5) is 9.62. The Balaban J connectivity index is 2.94. The van der Waals surface area contributed by atoms with Crippen LogP contribution in [-0.4, -0.2) is 5.97 Å². The van der Waals surface area contributed by atoms with Crippen LogP contribution < -0.4 is 4.74 Å². The van der Waals surface area contributed by atoms with Gasteiger partial charge in [0.15, 0.2) is 0 Å². The summed E-state index contributed by atoms with van der Waals surface area (Å²) in [6.45, 7) is 1.23. The molecule has 0 aliphatic heterocycles. The molecule has 0 radical (unpaired) electrons. The first-order valence-corrected chi connectivity index (χ1v) is 4.64. The molecule has 0 aliphatic carbocycles. The second-order valence-electron chi connectivity index (χ2n) is 2.58. The van der Waals surface area contributed by atoms with Gasteiger partial charge in [0.2, 0.25) is 0 Å². The Morgan fingerprint density at radius 3 is 2.57 bits per heavy atom. The van der Waals surface area contributed by atoms with E-state index in [0.717, 1.165) is 6.07 Å². The second-order valence-corrected chi connectivity index (χ2v) is 3.67. The van der Waals surface area contributed by atoms with Crippen molar-refractivity contribution < 1.29 is 13.9 Å². The van der Waals surface area contributed by atoms with Gasteiger partial charge in [-0.15, -0.1) is 0 Å². The highest BCUT2D eigenvalue weighted by molar-refractivity contribution is 6.44. The van der Waals surface area contributed by atoms with Crippen molar-refractivity contribution in [2.45, 2.75) is 11.8 Å². The minimum atomic E-state index is -0.929. The highest BCUT2D eigenvalue weighted by Gasteiger charge is 2.11. The lowest BCUT2D eigenvalue weighted by atomic mass is 10.2. The maximum Gasteiger partial charge on any atom is 0.308 e. The van der Waals surface area contributed by atoms with Crippen molar-refractivity contribution >= 4 is 29.2 Å². The number of rotatable bonds is 2. The molecule has 0 bridgehead atoms. The molecule has 1 aromatic rings. The number of alkyl halides is 2. The Hall–Kier alpha value is -0.800. The average Bonchev–Trinajstić information content (AvgIpc) is 2.01. The summed E-state index contributed by atoms with van der Waals surface area (Å²) < 4.78 is 17.9. The molecule has 14 heavy (non-hydrogen) atoms. The van der Waals surface area contributed by atoms with Crippen molar-refractivity contribution in [2.75, 3.05) is 0 Å². The third-order valence-corrected chi connectivity index (χ3v) is 1.94. The van der Waals surface area contributed by atoms with E-state index in [0.29, 0.717) is 0 Å². The summed E-state index contributed by atoms with van der Waals surface area (Å²) in [7, 11) is 0. The lowest BCUT2D eigenvalue weighted by Crippen LogP contribution is -2.02. The van der Waals surface area contributed by atoms with Crippen molar-refractivity contribution in [3.05, 3.63) is 29.6 Å². The van der Waals surface area contributed by atoms with E-state index < -0.39 is 16.6 Å². The van der Waals surface area contributed by atoms with Gasteiger partial charge in [-0.3, -0.25) is 4.79 Å². The number of esters is 1. The number of halogens is 3. The summed E-state index contributed by atoms with van der Waals surface area (Å²) in [5.74, 6) is -0.975. The quantitative estimate of drug-likeness (QED) is 0.448. The van der Waals surface area contributed by atoms with Crippen LogP contribution in [0.3, 0.4) is 0 Å². The van der Waals surface area contributed by atoms with Gasteiger partial charge in [-0.1, -0.05) is 23.2 Å². The molecule has 76 valence electrons. The predicted octanol–water partition coefficient (Wildman–Crippen LogP) is 3.23. The zero-order valence-corrected chi connectivity index (χ0v) is 8.77. The van der Waals surface area contributed by atoms with E-state index in [1.165, 1.54) is 19.1 Å². The van der Waals surface area contributed by atoms with Crippen LogP contribution in [0.1, 0.15) is 17.3 Å². The number of hydrogen-bond acceptors (Lipinski definition) is 2. The Morgan fingerprint density at radius 2 is 2.14 bits per heavy atom. The van der Waals surface area contributed by atoms with Crippen LogP contribution >= 0.6 is 23.2 Å². The first kappa shape index (κ1) is 11.3. The standard InChI is InChI=1S/C9H7Cl2FO2/c1-5(13)14-6-2-3-7(9(10)11)8(12)4-6/h2-4,9H,1H3. The van der Waals surface area contributed by atoms with Crippen molar-refractivity contribution in [1.29, 1.82) is 0 Å². The molecule has 0 aromatic heterocycles. The highest BCUT2D eigenvalue weighted by atomic mass is 35.5. The van der Waals surface area contributed by atoms with Crippen LogP contribution in [-0.2, 0) is 4.79 Å². The lowest BCUT2D eigenvalue weighted by Gasteiger charge is -2.05. The van der Waals surface area contributed by atoms with E-state index in [-0.39, 0.29) is 11.3 Å². The van der Waals surface area contributed by atoms with E-state index in [9.17, 15) is 9.18 Å². The minimum absolute atomic E-state index is 0.132. The van der Waals surface area contributed by atoms with Gasteiger partial charge < -0.3 is 4.74 Å². The van der Waals surface area contributed by atoms with Gasteiger partial charge in [0.1, 0.15) is 16.4 Å². The summed E-state index contributed by atoms with van der Waals surface area (Å²) in [5, 5.41) is 0. The molecule has 0 spiro atoms. The first-order chi connectivity index (χ1) is 6.50. The zero-order chi connectivity index (χ0) is 10.7. The van der Waals surface area contributed by atoms with Gasteiger partial charge in [0.25, 0.3) is 0 Å². The zero-order valence-electron chi connectivity index (χ0n) is 7.26. The SMILES string of the molecule is CC(=O)Oc1ccc(C(Cl)Cl)c(F)c1. The minimum Gasteiger partial charge on any atom is -0.427 e. The van der Waals surface area contributed by atoms with Crippen LogP contribution in [0.2, 0.25) is 0 Å². The number of hydrogen-bond donors (Lipinski definition) is 0. The van der Waals surface area contributed by atoms with Crippen LogP contribution in [0.4, 0.5) is 4.39 Å². The molecule has 0 saturated heterocycles. The molecule has 2 nitrogen and oxygen atoms in total. The van der Waals surface area contributed by atoms with Crippen LogP contribution in [0.15, 0.2) is 18.2 Å². The van der Waals surface area contributed by atoms with Crippen LogP contribution in [0.25, 0.3) is 0 Å². The van der Waals surface area contributed by atoms with E-state index in [4.69, 9.17) is 23.2 Å². The number of carbonyl (C=O) groups is 1. The largest absolute Gasteiger partial charge is 0.427 e. The second kappa shape index (κ2) is 4.62. The molecule has 0 aliphatic rings. The Bertz CT molecular complexity index is 353. The molecule has 0 unspecified atom stereocenters. The summed E-state index contributed by atoms with van der Waals surface area (Å²) in [6.07, 6.45) is 0. The van der Waals surface area contributed by atoms with E-state index in [2.05, 4.69) is 4.74 Å². The molecule has 0 atom stereocenters. The normalized spacial score (nSPS) is 10.4. The summed E-state index contributed by atoms with van der Waals surface area (Å²) in [6, 6.07) is 3.87. The van der Waals surface area contributed by atoms with Crippen molar-refractivity contribution in [2.24, 2.45) is 0 Å². The fraction of sp³-hybridized carbons (Fsp3) is 0.222. The Kier molecular flexibility index (Phi) is 3.72. The molecular formula is C9H7Cl2FO2. The van der Waals surface area contributed by atoms with Gasteiger partial charge in [-0.2, -0.15) is 0 Å². The molecule has 0 fully saturated rings. The first-order valence-electron chi connectivity index (χ1n) is 3.76. The van der Waals surface area contributed by atoms with Crippen LogP contribution in [0.5, 0.6) is 5.75 Å². The van der Waals surface area contributed by atoms with Gasteiger partial charge >= 0.3 is 5.97 Å². The molecular weight excluding hydrogens is 230 g/mol. The lowest BCUT2D eigenvalue weighted by molar-refractivity contribution is -0.131. The molecule has 0 heterocycles. The number of benzene rings is 1. The Morgan fingerprint density at radius 1 is 1.50 bits per heavy atom. The monoisotopic (exact) mass is 236 g/mol. The molecule has 1 aromatic carbocycles. The maximum atomic E-state index is 13.2. The van der Waals surface area contributed by atoms with Gasteiger partial charge in [-0.25, -0.2) is 4.39 Å². The third-order valence-electron chi connectivity index (χ3n) is 1.47. The van der Waals surface area contributed by atoms with Gasteiger partial charge in [0, 0.05) is 18.6 Å². The maximum absolute atomic E-state index is 13.2. The molecule has 0 N–H and O–H groups in total. The Labute approximate surface area is 90.6 Å².